The van der Waals surface area contributed by atoms with E-state index in [2.05, 4.69) is 15.0 Å². The van der Waals surface area contributed by atoms with Crippen LogP contribution in [-0.2, 0) is 26.8 Å². The van der Waals surface area contributed by atoms with Crippen LogP contribution in [-0.4, -0.2) is 25.6 Å². The van der Waals surface area contributed by atoms with E-state index >= 15 is 0 Å². The summed E-state index contributed by atoms with van der Waals surface area (Å²) in [6.07, 6.45) is 2.81. The maximum absolute atomic E-state index is 12.9. The van der Waals surface area contributed by atoms with Crippen LogP contribution in [0, 0.1) is 0 Å². The predicted molar refractivity (Wildman–Crippen MR) is 117 cm³/mol. The summed E-state index contributed by atoms with van der Waals surface area (Å²) in [5.74, 6) is 0.489. The molecule has 1 aromatic heterocycles. The van der Waals surface area contributed by atoms with Gasteiger partial charge in [0.15, 0.2) is 0 Å². The number of aromatic nitrogens is 1. The average molecular weight is 422 g/mol. The Morgan fingerprint density at radius 3 is 2.30 bits per heavy atom. The van der Waals surface area contributed by atoms with Crippen molar-refractivity contribution in [2.45, 2.75) is 24.8 Å². The molecule has 4 rings (SSSR count). The fourth-order valence-corrected chi connectivity index (χ4v) is 3.87. The molecule has 0 aliphatic heterocycles. The molecule has 2 N–H and O–H groups in total. The lowest BCUT2D eigenvalue weighted by Crippen LogP contribution is -2.28. The normalized spacial score (nSPS) is 14.8. The van der Waals surface area contributed by atoms with Crippen LogP contribution in [0.25, 0.3) is 11.3 Å². The zero-order valence-corrected chi connectivity index (χ0v) is 17.4. The van der Waals surface area contributed by atoms with Crippen molar-refractivity contribution in [2.75, 3.05) is 11.6 Å². The molecule has 0 unspecified atom stereocenters. The molecule has 1 amide bonds. The van der Waals surface area contributed by atoms with Crippen LogP contribution < -0.4 is 10.0 Å². The lowest BCUT2D eigenvalue weighted by atomic mass is 9.95. The number of nitrogens with zero attached hydrogens (tertiary/aromatic N) is 1. The predicted octanol–water partition coefficient (Wildman–Crippen LogP) is 3.47. The van der Waals surface area contributed by atoms with Crippen molar-refractivity contribution in [2.24, 2.45) is 0 Å². The number of carbonyl (C=O) groups is 1. The van der Waals surface area contributed by atoms with Gasteiger partial charge in [0, 0.05) is 12.1 Å². The van der Waals surface area contributed by atoms with Crippen molar-refractivity contribution in [3.63, 3.8) is 0 Å². The van der Waals surface area contributed by atoms with Crippen molar-refractivity contribution in [3.8, 4) is 11.3 Å². The Balaban J connectivity index is 1.47. The quantitative estimate of drug-likeness (QED) is 0.611. The Morgan fingerprint density at radius 2 is 1.67 bits per heavy atom. The van der Waals surface area contributed by atoms with Gasteiger partial charge in [0.1, 0.15) is 5.82 Å². The van der Waals surface area contributed by atoms with Gasteiger partial charge in [-0.05, 0) is 36.1 Å². The number of amides is 1. The summed E-state index contributed by atoms with van der Waals surface area (Å²) >= 11 is 0. The first kappa shape index (κ1) is 20.3. The highest BCUT2D eigenvalue weighted by atomic mass is 32.2. The van der Waals surface area contributed by atoms with Crippen molar-refractivity contribution >= 4 is 21.7 Å². The molecule has 7 heteroatoms. The maximum atomic E-state index is 12.9. The number of rotatable bonds is 7. The number of pyridine rings is 1. The maximum Gasteiger partial charge on any atom is 0.236 e. The molecule has 154 valence electrons. The molecule has 0 spiro atoms. The van der Waals surface area contributed by atoms with E-state index in [0.29, 0.717) is 5.82 Å². The summed E-state index contributed by atoms with van der Waals surface area (Å²) in [6.45, 7) is 0.240. The van der Waals surface area contributed by atoms with Gasteiger partial charge in [-0.3, -0.25) is 4.79 Å². The molecule has 1 aliphatic rings. The minimum Gasteiger partial charge on any atom is -0.310 e. The molecule has 0 atom stereocenters. The third-order valence-electron chi connectivity index (χ3n) is 5.29. The average Bonchev–Trinajstić information content (AvgIpc) is 3.55. The van der Waals surface area contributed by atoms with Gasteiger partial charge in [-0.2, -0.15) is 0 Å². The Kier molecular flexibility index (Phi) is 5.40. The highest BCUT2D eigenvalue weighted by molar-refractivity contribution is 7.88. The van der Waals surface area contributed by atoms with Crippen LogP contribution in [0.2, 0.25) is 0 Å². The van der Waals surface area contributed by atoms with E-state index in [4.69, 9.17) is 0 Å². The smallest absolute Gasteiger partial charge is 0.236 e. The molecule has 0 radical (unpaired) electrons. The zero-order chi connectivity index (χ0) is 21.2. The molecule has 1 aliphatic carbocycles. The van der Waals surface area contributed by atoms with E-state index in [0.717, 1.165) is 41.5 Å². The lowest BCUT2D eigenvalue weighted by molar-refractivity contribution is -0.118. The Morgan fingerprint density at radius 1 is 0.967 bits per heavy atom. The Bertz CT molecular complexity index is 1160. The van der Waals surface area contributed by atoms with Crippen molar-refractivity contribution in [1.29, 1.82) is 0 Å². The fourth-order valence-electron chi connectivity index (χ4n) is 3.44. The molecule has 0 saturated heterocycles. The summed E-state index contributed by atoms with van der Waals surface area (Å²) in [7, 11) is -3.23. The highest BCUT2D eigenvalue weighted by Gasteiger charge is 2.51. The SMILES string of the molecule is CS(=O)(=O)NCc1ccc(-c2cccc(NC(=O)C3(c4ccccc4)CC3)n2)cc1. The number of hydrogen-bond acceptors (Lipinski definition) is 4. The topological polar surface area (TPSA) is 88.2 Å². The largest absolute Gasteiger partial charge is 0.310 e. The molecule has 3 aromatic rings. The van der Waals surface area contributed by atoms with E-state index in [-0.39, 0.29) is 12.5 Å². The first-order chi connectivity index (χ1) is 14.4. The van der Waals surface area contributed by atoms with Gasteiger partial charge in [0.25, 0.3) is 0 Å². The third kappa shape index (κ3) is 4.58. The van der Waals surface area contributed by atoms with E-state index in [9.17, 15) is 13.2 Å². The number of hydrogen-bond donors (Lipinski definition) is 2. The molecule has 30 heavy (non-hydrogen) atoms. The second-order valence-corrected chi connectivity index (χ2v) is 9.43. The molecule has 1 fully saturated rings. The van der Waals surface area contributed by atoms with Crippen molar-refractivity contribution < 1.29 is 13.2 Å². The van der Waals surface area contributed by atoms with Gasteiger partial charge in [-0.25, -0.2) is 18.1 Å². The summed E-state index contributed by atoms with van der Waals surface area (Å²) < 4.78 is 24.9. The standard InChI is InChI=1S/C23H23N3O3S/c1-30(28,29)24-16-17-10-12-18(13-11-17)20-8-5-9-21(25-20)26-22(27)23(14-15-23)19-6-3-2-4-7-19/h2-13,24H,14-16H2,1H3,(H,25,26,27). The van der Waals surface area contributed by atoms with Crippen LogP contribution in [0.4, 0.5) is 5.82 Å². The van der Waals surface area contributed by atoms with Gasteiger partial charge in [-0.15, -0.1) is 0 Å². The van der Waals surface area contributed by atoms with E-state index in [1.807, 2.05) is 66.7 Å². The first-order valence-electron chi connectivity index (χ1n) is 9.74. The number of anilines is 1. The Hall–Kier alpha value is -3.03. The van der Waals surface area contributed by atoms with Gasteiger partial charge in [0.05, 0.1) is 17.4 Å². The highest BCUT2D eigenvalue weighted by Crippen LogP contribution is 2.48. The van der Waals surface area contributed by atoms with Crippen LogP contribution in [0.15, 0.2) is 72.8 Å². The summed E-state index contributed by atoms with van der Waals surface area (Å²) in [6, 6.07) is 22.9. The van der Waals surface area contributed by atoms with Crippen LogP contribution in [0.3, 0.4) is 0 Å². The number of carbonyl (C=O) groups excluding carboxylic acids is 1. The van der Waals surface area contributed by atoms with Gasteiger partial charge >= 0.3 is 0 Å². The van der Waals surface area contributed by atoms with Gasteiger partial charge in [0.2, 0.25) is 15.9 Å². The second-order valence-electron chi connectivity index (χ2n) is 7.60. The Labute approximate surface area is 176 Å². The molecule has 6 nitrogen and oxygen atoms in total. The minimum absolute atomic E-state index is 0.0273. The fraction of sp³-hybridized carbons (Fsp3) is 0.217. The first-order valence-corrected chi connectivity index (χ1v) is 11.6. The molecular formula is C23H23N3O3S. The molecule has 1 saturated carbocycles. The van der Waals surface area contributed by atoms with E-state index < -0.39 is 15.4 Å². The monoisotopic (exact) mass is 421 g/mol. The molecule has 1 heterocycles. The van der Waals surface area contributed by atoms with Crippen molar-refractivity contribution in [3.05, 3.63) is 83.9 Å². The number of benzene rings is 2. The van der Waals surface area contributed by atoms with Crippen LogP contribution in [0.1, 0.15) is 24.0 Å². The van der Waals surface area contributed by atoms with E-state index in [1.54, 1.807) is 6.07 Å². The zero-order valence-electron chi connectivity index (χ0n) is 16.6. The number of sulfonamides is 1. The third-order valence-corrected chi connectivity index (χ3v) is 5.96. The lowest BCUT2D eigenvalue weighted by Gasteiger charge is -2.15. The summed E-state index contributed by atoms with van der Waals surface area (Å²) in [5.41, 5.74) is 3.07. The molecule has 0 bridgehead atoms. The van der Waals surface area contributed by atoms with Crippen molar-refractivity contribution in [1.82, 2.24) is 9.71 Å². The van der Waals surface area contributed by atoms with E-state index in [1.165, 1.54) is 0 Å². The molecule has 2 aromatic carbocycles. The summed E-state index contributed by atoms with van der Waals surface area (Å²) in [5, 5.41) is 2.97. The summed E-state index contributed by atoms with van der Waals surface area (Å²) in [4.78, 5) is 17.5. The molecular weight excluding hydrogens is 398 g/mol. The second kappa shape index (κ2) is 8.01. The van der Waals surface area contributed by atoms with Gasteiger partial charge < -0.3 is 5.32 Å². The van der Waals surface area contributed by atoms with Gasteiger partial charge in [-0.1, -0.05) is 60.7 Å². The van der Waals surface area contributed by atoms with Crippen LogP contribution >= 0.6 is 0 Å². The minimum atomic E-state index is -3.23. The van der Waals surface area contributed by atoms with Crippen LogP contribution in [0.5, 0.6) is 0 Å². The number of nitrogens with one attached hydrogen (secondary N) is 2.